The van der Waals surface area contributed by atoms with Gasteiger partial charge in [-0.2, -0.15) is 0 Å². The van der Waals surface area contributed by atoms with Crippen LogP contribution in [0.2, 0.25) is 5.02 Å². The Hall–Kier alpha value is -0.770. The smallest absolute Gasteiger partial charge is 0.119 e. The largest absolute Gasteiger partial charge is 0.491 e. The molecule has 94 valence electrons. The minimum Gasteiger partial charge on any atom is -0.491 e. The first kappa shape index (κ1) is 12.7. The second-order valence-corrected chi connectivity index (χ2v) is 5.08. The summed E-state index contributed by atoms with van der Waals surface area (Å²) < 4.78 is 5.65. The molecule has 4 heteroatoms. The fourth-order valence-electron chi connectivity index (χ4n) is 1.96. The van der Waals surface area contributed by atoms with Gasteiger partial charge in [-0.15, -0.1) is 0 Å². The third-order valence-electron chi connectivity index (χ3n) is 3.17. The van der Waals surface area contributed by atoms with Crippen molar-refractivity contribution in [1.82, 2.24) is 5.32 Å². The van der Waals surface area contributed by atoms with Crippen LogP contribution >= 0.6 is 11.6 Å². The van der Waals surface area contributed by atoms with E-state index in [1.54, 1.807) is 0 Å². The summed E-state index contributed by atoms with van der Waals surface area (Å²) in [6.45, 7) is 3.98. The molecular weight excluding hydrogens is 238 g/mol. The molecule has 0 radical (unpaired) electrons. The van der Waals surface area contributed by atoms with Crippen LogP contribution in [0.1, 0.15) is 18.4 Å². The lowest BCUT2D eigenvalue weighted by molar-refractivity contribution is -0.0286. The predicted molar refractivity (Wildman–Crippen MR) is 68.7 cm³/mol. The lowest BCUT2D eigenvalue weighted by Gasteiger charge is -2.32. The zero-order valence-corrected chi connectivity index (χ0v) is 10.8. The summed E-state index contributed by atoms with van der Waals surface area (Å²) >= 11 is 5.94. The molecule has 0 spiro atoms. The van der Waals surface area contributed by atoms with Crippen molar-refractivity contribution in [1.29, 1.82) is 0 Å². The van der Waals surface area contributed by atoms with Crippen molar-refractivity contribution in [3.63, 3.8) is 0 Å². The summed E-state index contributed by atoms with van der Waals surface area (Å²) in [6, 6.07) is 5.55. The molecule has 0 unspecified atom stereocenters. The number of aryl methyl sites for hydroxylation is 1. The zero-order valence-electron chi connectivity index (χ0n) is 10.0. The van der Waals surface area contributed by atoms with Gasteiger partial charge in [0.15, 0.2) is 0 Å². The van der Waals surface area contributed by atoms with Gasteiger partial charge in [-0.3, -0.25) is 0 Å². The minimum absolute atomic E-state index is 0.343. The number of rotatable bonds is 3. The van der Waals surface area contributed by atoms with Crippen LogP contribution in [-0.4, -0.2) is 30.4 Å². The normalized spacial score (nSPS) is 19.0. The third kappa shape index (κ3) is 3.35. The maximum atomic E-state index is 10.3. The van der Waals surface area contributed by atoms with Crippen molar-refractivity contribution in [2.24, 2.45) is 0 Å². The number of ether oxygens (including phenoxy) is 1. The van der Waals surface area contributed by atoms with Crippen LogP contribution in [0, 0.1) is 6.92 Å². The Morgan fingerprint density at radius 1 is 1.41 bits per heavy atom. The first-order valence-corrected chi connectivity index (χ1v) is 6.29. The van der Waals surface area contributed by atoms with E-state index in [1.165, 1.54) is 0 Å². The second-order valence-electron chi connectivity index (χ2n) is 4.67. The molecule has 1 fully saturated rings. The average molecular weight is 256 g/mol. The van der Waals surface area contributed by atoms with Gasteiger partial charge in [0.25, 0.3) is 0 Å². The zero-order chi connectivity index (χ0) is 12.3. The maximum absolute atomic E-state index is 10.3. The molecule has 17 heavy (non-hydrogen) atoms. The Morgan fingerprint density at radius 3 is 2.76 bits per heavy atom. The molecule has 0 bridgehead atoms. The number of halogens is 1. The molecule has 1 aliphatic heterocycles. The van der Waals surface area contributed by atoms with Crippen molar-refractivity contribution < 1.29 is 9.84 Å². The van der Waals surface area contributed by atoms with E-state index < -0.39 is 5.60 Å². The summed E-state index contributed by atoms with van der Waals surface area (Å²) in [4.78, 5) is 0. The van der Waals surface area contributed by atoms with Crippen LogP contribution < -0.4 is 10.1 Å². The van der Waals surface area contributed by atoms with Crippen LogP contribution in [0.15, 0.2) is 18.2 Å². The lowest BCUT2D eigenvalue weighted by atomic mass is 9.93. The fraction of sp³-hybridized carbons (Fsp3) is 0.538. The Bertz CT molecular complexity index is 389. The molecule has 2 N–H and O–H groups in total. The minimum atomic E-state index is -0.696. The highest BCUT2D eigenvalue weighted by Gasteiger charge is 2.29. The lowest BCUT2D eigenvalue weighted by Crippen LogP contribution is -2.45. The van der Waals surface area contributed by atoms with Gasteiger partial charge in [-0.25, -0.2) is 0 Å². The molecule has 3 nitrogen and oxygen atoms in total. The summed E-state index contributed by atoms with van der Waals surface area (Å²) in [5.41, 5.74) is 0.292. The van der Waals surface area contributed by atoms with E-state index in [2.05, 4.69) is 5.32 Å². The number of nitrogens with one attached hydrogen (secondary N) is 1. The van der Waals surface area contributed by atoms with E-state index in [0.717, 1.165) is 42.3 Å². The highest BCUT2D eigenvalue weighted by molar-refractivity contribution is 6.31. The van der Waals surface area contributed by atoms with Crippen LogP contribution in [0.25, 0.3) is 0 Å². The van der Waals surface area contributed by atoms with Crippen LogP contribution in [0.5, 0.6) is 5.75 Å². The van der Waals surface area contributed by atoms with Crippen molar-refractivity contribution in [2.75, 3.05) is 19.7 Å². The first-order valence-electron chi connectivity index (χ1n) is 5.91. The molecule has 2 rings (SSSR count). The summed E-state index contributed by atoms with van der Waals surface area (Å²) in [5.74, 6) is 0.763. The molecule has 0 aliphatic carbocycles. The molecule has 1 aromatic rings. The van der Waals surface area contributed by atoms with E-state index in [4.69, 9.17) is 16.3 Å². The van der Waals surface area contributed by atoms with Crippen molar-refractivity contribution in [3.8, 4) is 5.75 Å². The van der Waals surface area contributed by atoms with Gasteiger partial charge in [0.05, 0.1) is 0 Å². The van der Waals surface area contributed by atoms with E-state index in [-0.39, 0.29) is 0 Å². The monoisotopic (exact) mass is 255 g/mol. The van der Waals surface area contributed by atoms with Gasteiger partial charge in [0.2, 0.25) is 0 Å². The average Bonchev–Trinajstić information content (AvgIpc) is 2.32. The Labute approximate surface area is 107 Å². The van der Waals surface area contributed by atoms with Crippen LogP contribution in [-0.2, 0) is 0 Å². The number of benzene rings is 1. The van der Waals surface area contributed by atoms with E-state index in [1.807, 2.05) is 25.1 Å². The SMILES string of the molecule is Cc1cc(OCC2(O)CCNCC2)ccc1Cl. The highest BCUT2D eigenvalue weighted by atomic mass is 35.5. The molecule has 0 saturated carbocycles. The van der Waals surface area contributed by atoms with Gasteiger partial charge in [0, 0.05) is 5.02 Å². The number of piperidine rings is 1. The molecule has 1 saturated heterocycles. The predicted octanol–water partition coefficient (Wildman–Crippen LogP) is 2.14. The topological polar surface area (TPSA) is 41.5 Å². The first-order chi connectivity index (χ1) is 8.09. The Kier molecular flexibility index (Phi) is 3.92. The molecular formula is C13H18ClNO2. The third-order valence-corrected chi connectivity index (χ3v) is 3.60. The molecule has 0 aromatic heterocycles. The molecule has 0 atom stereocenters. The van der Waals surface area contributed by atoms with E-state index in [9.17, 15) is 5.11 Å². The summed E-state index contributed by atoms with van der Waals surface area (Å²) in [7, 11) is 0. The van der Waals surface area contributed by atoms with Crippen molar-refractivity contribution in [3.05, 3.63) is 28.8 Å². The molecule has 1 aromatic carbocycles. The maximum Gasteiger partial charge on any atom is 0.119 e. The van der Waals surface area contributed by atoms with Gasteiger partial charge < -0.3 is 15.2 Å². The number of hydrogen-bond acceptors (Lipinski definition) is 3. The summed E-state index contributed by atoms with van der Waals surface area (Å²) in [6.07, 6.45) is 1.47. The Morgan fingerprint density at radius 2 is 2.12 bits per heavy atom. The van der Waals surface area contributed by atoms with Crippen LogP contribution in [0.3, 0.4) is 0 Å². The van der Waals surface area contributed by atoms with Crippen LogP contribution in [0.4, 0.5) is 0 Å². The van der Waals surface area contributed by atoms with E-state index >= 15 is 0 Å². The van der Waals surface area contributed by atoms with Gasteiger partial charge >= 0.3 is 0 Å². The van der Waals surface area contributed by atoms with Crippen molar-refractivity contribution >= 4 is 11.6 Å². The van der Waals surface area contributed by atoms with Crippen molar-refractivity contribution in [2.45, 2.75) is 25.4 Å². The second kappa shape index (κ2) is 5.25. The number of aliphatic hydroxyl groups is 1. The quantitative estimate of drug-likeness (QED) is 0.870. The molecule has 0 amide bonds. The van der Waals surface area contributed by atoms with E-state index in [0.29, 0.717) is 6.61 Å². The number of hydrogen-bond donors (Lipinski definition) is 2. The highest BCUT2D eigenvalue weighted by Crippen LogP contribution is 2.24. The molecule has 1 aliphatic rings. The fourth-order valence-corrected chi connectivity index (χ4v) is 2.08. The molecule has 1 heterocycles. The summed E-state index contributed by atoms with van der Waals surface area (Å²) in [5, 5.41) is 14.2. The van der Waals surface area contributed by atoms with Gasteiger partial charge in [-0.05, 0) is 56.6 Å². The van der Waals surface area contributed by atoms with Gasteiger partial charge in [0.1, 0.15) is 18.0 Å². The standard InChI is InChI=1S/C13H18ClNO2/c1-10-8-11(2-3-12(10)14)17-9-13(16)4-6-15-7-5-13/h2-3,8,15-16H,4-7,9H2,1H3. The Balaban J connectivity index is 1.94. The van der Waals surface area contributed by atoms with Gasteiger partial charge in [-0.1, -0.05) is 11.6 Å².